The van der Waals surface area contributed by atoms with E-state index in [-0.39, 0.29) is 11.5 Å². The van der Waals surface area contributed by atoms with Crippen molar-refractivity contribution in [2.45, 2.75) is 26.4 Å². The molecule has 0 saturated heterocycles. The fourth-order valence-electron chi connectivity index (χ4n) is 2.56. The van der Waals surface area contributed by atoms with Gasteiger partial charge in [-0.15, -0.1) is 0 Å². The molecule has 0 aliphatic heterocycles. The second-order valence-electron chi connectivity index (χ2n) is 7.56. The average molecular weight is 406 g/mol. The van der Waals surface area contributed by atoms with E-state index in [0.717, 1.165) is 0 Å². The van der Waals surface area contributed by atoms with Crippen molar-refractivity contribution in [3.8, 4) is 17.4 Å². The molecule has 0 saturated carbocycles. The Morgan fingerprint density at radius 1 is 0.933 bits per heavy atom. The number of carbonyl (C=O) groups excluding carboxylic acids is 1. The maximum absolute atomic E-state index is 12.6. The van der Waals surface area contributed by atoms with Gasteiger partial charge in [0.1, 0.15) is 12.4 Å². The zero-order chi connectivity index (χ0) is 21.4. The quantitative estimate of drug-likeness (QED) is 0.513. The van der Waals surface area contributed by atoms with E-state index >= 15 is 0 Å². The second kappa shape index (κ2) is 9.89. The Bertz CT molecular complexity index is 951. The van der Waals surface area contributed by atoms with Crippen molar-refractivity contribution in [3.63, 3.8) is 0 Å². The zero-order valence-corrected chi connectivity index (χ0v) is 17.4. The van der Waals surface area contributed by atoms with E-state index in [1.807, 2.05) is 63.2 Å². The molecule has 1 heterocycles. The van der Waals surface area contributed by atoms with E-state index in [1.54, 1.807) is 24.3 Å². The maximum atomic E-state index is 12.6. The third-order valence-corrected chi connectivity index (χ3v) is 3.97. The summed E-state index contributed by atoms with van der Waals surface area (Å²) in [6.45, 7) is 6.82. The number of nitrogens with zero attached hydrogens (tertiary/aromatic N) is 1. The molecule has 0 fully saturated rings. The number of rotatable bonds is 8. The van der Waals surface area contributed by atoms with Crippen molar-refractivity contribution in [2.24, 2.45) is 0 Å². The van der Waals surface area contributed by atoms with Crippen LogP contribution < -0.4 is 14.8 Å². The van der Waals surface area contributed by atoms with Gasteiger partial charge in [-0.1, -0.05) is 30.3 Å². The highest BCUT2D eigenvalue weighted by molar-refractivity contribution is 6.04. The van der Waals surface area contributed by atoms with Crippen LogP contribution in [0.15, 0.2) is 72.9 Å². The molecule has 0 atom stereocenters. The van der Waals surface area contributed by atoms with E-state index in [4.69, 9.17) is 14.2 Å². The van der Waals surface area contributed by atoms with E-state index in [9.17, 15) is 4.79 Å². The highest BCUT2D eigenvalue weighted by Crippen LogP contribution is 2.29. The Balaban J connectivity index is 1.59. The molecule has 0 aliphatic carbocycles. The Morgan fingerprint density at radius 2 is 1.67 bits per heavy atom. The van der Waals surface area contributed by atoms with Gasteiger partial charge in [-0.2, -0.15) is 0 Å². The first kappa shape index (κ1) is 21.3. The van der Waals surface area contributed by atoms with Crippen molar-refractivity contribution < 1.29 is 19.0 Å². The van der Waals surface area contributed by atoms with Crippen LogP contribution in [0.5, 0.6) is 17.4 Å². The summed E-state index contributed by atoms with van der Waals surface area (Å²) in [4.78, 5) is 16.8. The summed E-state index contributed by atoms with van der Waals surface area (Å²) in [5, 5.41) is 2.87. The van der Waals surface area contributed by atoms with Gasteiger partial charge in [0, 0.05) is 12.3 Å². The molecule has 1 N–H and O–H groups in total. The normalized spacial score (nSPS) is 11.0. The van der Waals surface area contributed by atoms with Gasteiger partial charge < -0.3 is 19.5 Å². The van der Waals surface area contributed by atoms with Crippen molar-refractivity contribution in [1.29, 1.82) is 0 Å². The topological polar surface area (TPSA) is 69.7 Å². The van der Waals surface area contributed by atoms with Crippen LogP contribution in [0.25, 0.3) is 0 Å². The lowest BCUT2D eigenvalue weighted by Crippen LogP contribution is -2.22. The number of amides is 1. The number of carbonyl (C=O) groups is 1. The van der Waals surface area contributed by atoms with Gasteiger partial charge in [-0.25, -0.2) is 4.98 Å². The van der Waals surface area contributed by atoms with E-state index in [0.29, 0.717) is 41.8 Å². The number of benzene rings is 2. The molecule has 1 amide bonds. The van der Waals surface area contributed by atoms with E-state index in [1.165, 1.54) is 6.20 Å². The molecule has 3 rings (SSSR count). The van der Waals surface area contributed by atoms with Crippen LogP contribution in [-0.2, 0) is 4.74 Å². The molecule has 0 spiro atoms. The van der Waals surface area contributed by atoms with Crippen LogP contribution in [0.3, 0.4) is 0 Å². The number of nitrogens with one attached hydrogen (secondary N) is 1. The standard InChI is InChI=1S/C24H26N2O4/c1-24(2,3)29-16-15-28-22-14-13-18(17-25-22)23(27)26-20-11-7-8-12-21(20)30-19-9-5-4-6-10-19/h4-14,17H,15-16H2,1-3H3,(H,26,27). The van der Waals surface area contributed by atoms with E-state index in [2.05, 4.69) is 10.3 Å². The predicted octanol–water partition coefficient (Wildman–Crippen LogP) is 5.32. The minimum atomic E-state index is -0.283. The third kappa shape index (κ3) is 6.60. The molecule has 0 unspecified atom stereocenters. The van der Waals surface area contributed by atoms with Crippen LogP contribution in [-0.4, -0.2) is 29.7 Å². The second-order valence-corrected chi connectivity index (χ2v) is 7.56. The molecule has 156 valence electrons. The molecule has 6 heteroatoms. The number of anilines is 1. The lowest BCUT2D eigenvalue weighted by atomic mass is 10.2. The number of pyridine rings is 1. The molecule has 0 aliphatic rings. The van der Waals surface area contributed by atoms with Crippen LogP contribution in [0.1, 0.15) is 31.1 Å². The molecule has 0 radical (unpaired) electrons. The molecule has 1 aromatic heterocycles. The Labute approximate surface area is 176 Å². The Kier molecular flexibility index (Phi) is 7.03. The number of para-hydroxylation sites is 3. The molecule has 6 nitrogen and oxygen atoms in total. The summed E-state index contributed by atoms with van der Waals surface area (Å²) < 4.78 is 17.0. The third-order valence-electron chi connectivity index (χ3n) is 3.97. The summed E-state index contributed by atoms with van der Waals surface area (Å²) >= 11 is 0. The van der Waals surface area contributed by atoms with Gasteiger partial charge in [-0.05, 0) is 51.1 Å². The number of hydrogen-bond donors (Lipinski definition) is 1. The predicted molar refractivity (Wildman–Crippen MR) is 116 cm³/mol. The molecule has 2 aromatic carbocycles. The summed E-state index contributed by atoms with van der Waals surface area (Å²) in [5.74, 6) is 1.41. The molecular weight excluding hydrogens is 380 g/mol. The van der Waals surface area contributed by atoms with Crippen LogP contribution in [0.2, 0.25) is 0 Å². The maximum Gasteiger partial charge on any atom is 0.257 e. The zero-order valence-electron chi connectivity index (χ0n) is 17.4. The van der Waals surface area contributed by atoms with Gasteiger partial charge in [-0.3, -0.25) is 4.79 Å². The fourth-order valence-corrected chi connectivity index (χ4v) is 2.56. The van der Waals surface area contributed by atoms with Crippen molar-refractivity contribution in [1.82, 2.24) is 4.98 Å². The fraction of sp³-hybridized carbons (Fsp3) is 0.250. The largest absolute Gasteiger partial charge is 0.475 e. The van der Waals surface area contributed by atoms with Crippen LogP contribution >= 0.6 is 0 Å². The number of aromatic nitrogens is 1. The molecule has 30 heavy (non-hydrogen) atoms. The van der Waals surface area contributed by atoms with Crippen molar-refractivity contribution in [3.05, 3.63) is 78.5 Å². The van der Waals surface area contributed by atoms with Gasteiger partial charge in [0.15, 0.2) is 5.75 Å². The van der Waals surface area contributed by atoms with Crippen molar-refractivity contribution >= 4 is 11.6 Å². The Morgan fingerprint density at radius 3 is 2.37 bits per heavy atom. The monoisotopic (exact) mass is 406 g/mol. The van der Waals surface area contributed by atoms with Gasteiger partial charge in [0.05, 0.1) is 23.5 Å². The number of hydrogen-bond acceptors (Lipinski definition) is 5. The van der Waals surface area contributed by atoms with Gasteiger partial charge >= 0.3 is 0 Å². The highest BCUT2D eigenvalue weighted by atomic mass is 16.5. The minimum Gasteiger partial charge on any atom is -0.475 e. The summed E-state index contributed by atoms with van der Waals surface area (Å²) in [6.07, 6.45) is 1.48. The van der Waals surface area contributed by atoms with Gasteiger partial charge in [0.2, 0.25) is 5.88 Å². The van der Waals surface area contributed by atoms with Gasteiger partial charge in [0.25, 0.3) is 5.91 Å². The van der Waals surface area contributed by atoms with Crippen LogP contribution in [0.4, 0.5) is 5.69 Å². The summed E-state index contributed by atoms with van der Waals surface area (Å²) in [5.41, 5.74) is 0.785. The van der Waals surface area contributed by atoms with Crippen LogP contribution in [0, 0.1) is 0 Å². The minimum absolute atomic E-state index is 0.209. The first-order valence-corrected chi connectivity index (χ1v) is 9.77. The lowest BCUT2D eigenvalue weighted by Gasteiger charge is -2.19. The molecule has 0 bridgehead atoms. The highest BCUT2D eigenvalue weighted by Gasteiger charge is 2.12. The smallest absolute Gasteiger partial charge is 0.257 e. The average Bonchev–Trinajstić information content (AvgIpc) is 2.73. The Hall–Kier alpha value is -3.38. The summed E-state index contributed by atoms with van der Waals surface area (Å²) in [6, 6.07) is 20.0. The first-order valence-electron chi connectivity index (χ1n) is 9.77. The molecular formula is C24H26N2O4. The number of ether oxygens (including phenoxy) is 3. The summed E-state index contributed by atoms with van der Waals surface area (Å²) in [7, 11) is 0. The van der Waals surface area contributed by atoms with E-state index < -0.39 is 0 Å². The SMILES string of the molecule is CC(C)(C)OCCOc1ccc(C(=O)Nc2ccccc2Oc2ccccc2)cn1. The molecule has 3 aromatic rings. The first-order chi connectivity index (χ1) is 14.4. The lowest BCUT2D eigenvalue weighted by molar-refractivity contribution is -0.0168. The van der Waals surface area contributed by atoms with Crippen molar-refractivity contribution in [2.75, 3.05) is 18.5 Å².